The van der Waals surface area contributed by atoms with Gasteiger partial charge in [0.1, 0.15) is 6.04 Å². The Morgan fingerprint density at radius 2 is 1.92 bits per heavy atom. The summed E-state index contributed by atoms with van der Waals surface area (Å²) < 4.78 is 29.3. The Morgan fingerprint density at radius 3 is 2.53 bits per heavy atom. The van der Waals surface area contributed by atoms with Crippen LogP contribution in [0.25, 0.3) is 11.3 Å². The maximum absolute atomic E-state index is 13.4. The molecule has 4 N–H and O–H groups in total. The number of rotatable bonds is 11. The number of aryl methyl sites for hydroxylation is 1. The van der Waals surface area contributed by atoms with Crippen molar-refractivity contribution in [1.82, 2.24) is 15.0 Å². The maximum Gasteiger partial charge on any atom is 0.475 e. The summed E-state index contributed by atoms with van der Waals surface area (Å²) in [4.78, 5) is 17.7. The zero-order valence-corrected chi connectivity index (χ0v) is 21.6. The van der Waals surface area contributed by atoms with Gasteiger partial charge in [-0.2, -0.15) is 4.72 Å². The van der Waals surface area contributed by atoms with Crippen molar-refractivity contribution in [2.24, 2.45) is 5.92 Å². The molecule has 2 unspecified atom stereocenters. The molecule has 0 bridgehead atoms. The van der Waals surface area contributed by atoms with Gasteiger partial charge < -0.3 is 15.4 Å². The summed E-state index contributed by atoms with van der Waals surface area (Å²) in [5.74, 6) is -1.16. The minimum absolute atomic E-state index is 0.0183. The fourth-order valence-corrected chi connectivity index (χ4v) is 6.10. The number of amides is 1. The van der Waals surface area contributed by atoms with Crippen LogP contribution in [0.15, 0.2) is 64.9 Å². The largest absolute Gasteiger partial charge is 0.475 e. The van der Waals surface area contributed by atoms with Crippen LogP contribution in [0, 0.1) is 12.8 Å². The summed E-state index contributed by atoms with van der Waals surface area (Å²) in [6.45, 7) is 1.88. The van der Waals surface area contributed by atoms with E-state index in [0.29, 0.717) is 23.6 Å². The molecule has 11 heteroatoms. The Balaban J connectivity index is 1.56. The lowest BCUT2D eigenvalue weighted by atomic mass is 9.69. The standard InChI is InChI=1S/C25H30BN3O5S2/c1-17-27-23(16-35-17)20-11-6-12-21(15-20)36(33,34)29-22(13-18-7-3-2-4-8-18)25(30)28-24(26(31)32)14-19-9-5-10-19/h2-4,6-8,11-12,15-16,19,22,24,29,31-32H,5,9-10,13-14H2,1H3,(H,28,30). The van der Waals surface area contributed by atoms with Gasteiger partial charge in [0.25, 0.3) is 0 Å². The van der Waals surface area contributed by atoms with Crippen molar-refractivity contribution in [1.29, 1.82) is 0 Å². The summed E-state index contributed by atoms with van der Waals surface area (Å²) in [6.07, 6.45) is 3.59. The van der Waals surface area contributed by atoms with Crippen molar-refractivity contribution in [3.8, 4) is 11.3 Å². The molecule has 1 amide bonds. The number of carbonyl (C=O) groups is 1. The van der Waals surface area contributed by atoms with Crippen molar-refractivity contribution in [2.75, 3.05) is 0 Å². The van der Waals surface area contributed by atoms with Crippen LogP contribution >= 0.6 is 11.3 Å². The second-order valence-corrected chi connectivity index (χ2v) is 12.0. The van der Waals surface area contributed by atoms with E-state index in [1.54, 1.807) is 12.1 Å². The smallest absolute Gasteiger partial charge is 0.426 e. The number of benzene rings is 2. The third-order valence-corrected chi connectivity index (χ3v) is 8.70. The Labute approximate surface area is 216 Å². The van der Waals surface area contributed by atoms with E-state index >= 15 is 0 Å². The van der Waals surface area contributed by atoms with E-state index in [2.05, 4.69) is 15.0 Å². The molecular weight excluding hydrogens is 497 g/mol. The highest BCUT2D eigenvalue weighted by atomic mass is 32.2. The lowest BCUT2D eigenvalue weighted by molar-refractivity contribution is -0.123. The predicted molar refractivity (Wildman–Crippen MR) is 141 cm³/mol. The van der Waals surface area contributed by atoms with Gasteiger partial charge in [0.2, 0.25) is 15.9 Å². The minimum atomic E-state index is -4.08. The quantitative estimate of drug-likeness (QED) is 0.284. The molecule has 1 aromatic heterocycles. The van der Waals surface area contributed by atoms with Gasteiger partial charge in [-0.1, -0.05) is 61.7 Å². The van der Waals surface area contributed by atoms with Gasteiger partial charge in [-0.3, -0.25) is 4.79 Å². The molecule has 1 aliphatic rings. The molecule has 2 aromatic carbocycles. The highest BCUT2D eigenvalue weighted by Gasteiger charge is 2.34. The SMILES string of the molecule is Cc1nc(-c2cccc(S(=O)(=O)NC(Cc3ccccc3)C(=O)NC(CC3CCC3)B(O)O)c2)cs1. The average Bonchev–Trinajstić information content (AvgIpc) is 3.26. The van der Waals surface area contributed by atoms with Crippen molar-refractivity contribution in [3.63, 3.8) is 0 Å². The molecule has 0 radical (unpaired) electrons. The first kappa shape index (κ1) is 26.5. The van der Waals surface area contributed by atoms with Crippen LogP contribution in [0.3, 0.4) is 0 Å². The lowest BCUT2D eigenvalue weighted by Gasteiger charge is -2.30. The summed E-state index contributed by atoms with van der Waals surface area (Å²) in [5.41, 5.74) is 2.12. The topological polar surface area (TPSA) is 129 Å². The summed E-state index contributed by atoms with van der Waals surface area (Å²) in [5, 5.41) is 25.1. The Bertz CT molecular complexity index is 1280. The highest BCUT2D eigenvalue weighted by Crippen LogP contribution is 2.30. The molecule has 2 atom stereocenters. The number of nitrogens with zero attached hydrogens (tertiary/aromatic N) is 1. The van der Waals surface area contributed by atoms with E-state index in [-0.39, 0.29) is 11.3 Å². The van der Waals surface area contributed by atoms with Gasteiger partial charge in [0.15, 0.2) is 0 Å². The van der Waals surface area contributed by atoms with Gasteiger partial charge in [-0.05, 0) is 43.4 Å². The first-order valence-corrected chi connectivity index (χ1v) is 14.3. The van der Waals surface area contributed by atoms with Crippen molar-refractivity contribution in [2.45, 2.75) is 55.9 Å². The van der Waals surface area contributed by atoms with E-state index in [0.717, 1.165) is 29.8 Å². The van der Waals surface area contributed by atoms with Crippen LogP contribution < -0.4 is 10.0 Å². The Morgan fingerprint density at radius 1 is 1.17 bits per heavy atom. The Kier molecular flexibility index (Phi) is 8.58. The first-order valence-electron chi connectivity index (χ1n) is 12.0. The first-order chi connectivity index (χ1) is 17.2. The molecule has 36 heavy (non-hydrogen) atoms. The predicted octanol–water partition coefficient (Wildman–Crippen LogP) is 2.70. The number of sulfonamides is 1. The zero-order valence-electron chi connectivity index (χ0n) is 20.0. The Hall–Kier alpha value is -2.57. The van der Waals surface area contributed by atoms with Crippen LogP contribution in [0.4, 0.5) is 0 Å². The fraction of sp³-hybridized carbons (Fsp3) is 0.360. The zero-order chi connectivity index (χ0) is 25.7. The van der Waals surface area contributed by atoms with Crippen LogP contribution in [0.2, 0.25) is 0 Å². The van der Waals surface area contributed by atoms with Gasteiger partial charge >= 0.3 is 7.12 Å². The second-order valence-electron chi connectivity index (χ2n) is 9.20. The molecule has 190 valence electrons. The number of hydrogen-bond acceptors (Lipinski definition) is 7. The molecule has 1 aliphatic carbocycles. The van der Waals surface area contributed by atoms with Crippen molar-refractivity contribution in [3.05, 3.63) is 70.5 Å². The van der Waals surface area contributed by atoms with Crippen LogP contribution in [-0.4, -0.2) is 48.5 Å². The lowest BCUT2D eigenvalue weighted by Crippen LogP contribution is -2.55. The second kappa shape index (κ2) is 11.7. The molecule has 4 rings (SSSR count). The van der Waals surface area contributed by atoms with E-state index in [4.69, 9.17) is 0 Å². The van der Waals surface area contributed by atoms with Crippen LogP contribution in [-0.2, 0) is 21.2 Å². The van der Waals surface area contributed by atoms with Crippen LogP contribution in [0.5, 0.6) is 0 Å². The van der Waals surface area contributed by atoms with Gasteiger partial charge in [0, 0.05) is 10.9 Å². The fourth-order valence-electron chi connectivity index (χ4n) is 4.24. The summed E-state index contributed by atoms with van der Waals surface area (Å²) in [6, 6.07) is 14.4. The van der Waals surface area contributed by atoms with Crippen LogP contribution in [0.1, 0.15) is 36.3 Å². The number of hydrogen-bond donors (Lipinski definition) is 4. The number of nitrogens with one attached hydrogen (secondary N) is 2. The average molecular weight is 527 g/mol. The number of thiazole rings is 1. The maximum atomic E-state index is 13.4. The number of aromatic nitrogens is 1. The summed E-state index contributed by atoms with van der Waals surface area (Å²) in [7, 11) is -5.82. The monoisotopic (exact) mass is 527 g/mol. The third kappa shape index (κ3) is 6.80. The molecule has 1 saturated carbocycles. The number of carbonyl (C=O) groups excluding carboxylic acids is 1. The molecule has 1 heterocycles. The van der Waals surface area contributed by atoms with E-state index in [1.165, 1.54) is 23.5 Å². The summed E-state index contributed by atoms with van der Waals surface area (Å²) >= 11 is 1.48. The molecule has 1 fully saturated rings. The highest BCUT2D eigenvalue weighted by molar-refractivity contribution is 7.89. The van der Waals surface area contributed by atoms with E-state index in [9.17, 15) is 23.3 Å². The van der Waals surface area contributed by atoms with Crippen molar-refractivity contribution < 1.29 is 23.3 Å². The van der Waals surface area contributed by atoms with Gasteiger partial charge in [-0.25, -0.2) is 13.4 Å². The third-order valence-electron chi connectivity index (χ3n) is 6.46. The van der Waals surface area contributed by atoms with E-state index in [1.807, 2.05) is 42.6 Å². The molecule has 0 spiro atoms. The normalized spacial score (nSPS) is 15.6. The van der Waals surface area contributed by atoms with Crippen molar-refractivity contribution >= 4 is 34.4 Å². The van der Waals surface area contributed by atoms with E-state index < -0.39 is 35.0 Å². The molecule has 8 nitrogen and oxygen atoms in total. The molecule has 0 aliphatic heterocycles. The van der Waals surface area contributed by atoms with Gasteiger partial charge in [-0.15, -0.1) is 11.3 Å². The molecule has 3 aromatic rings. The van der Waals surface area contributed by atoms with Gasteiger partial charge in [0.05, 0.1) is 21.5 Å². The minimum Gasteiger partial charge on any atom is -0.426 e. The molecular formula is C25H30BN3O5S2. The molecule has 0 saturated heterocycles.